The molecule has 0 radical (unpaired) electrons. The Balaban J connectivity index is 1.62. The number of Topliss-reactive ketones (excluding diaryl/α,β-unsaturated/α-hetero) is 1. The number of ketones is 1. The van der Waals surface area contributed by atoms with E-state index >= 15 is 0 Å². The van der Waals surface area contributed by atoms with Gasteiger partial charge in [0.1, 0.15) is 11.5 Å². The molecule has 3 heteroatoms. The molecule has 2 aliphatic carbocycles. The molecular formula is C19H25NO2. The lowest BCUT2D eigenvalue weighted by atomic mass is 9.59. The first-order valence-electron chi connectivity index (χ1n) is 8.69. The normalized spacial score (nSPS) is 32.7. The number of fused-ring (bicyclic) bond motifs is 1. The van der Waals surface area contributed by atoms with E-state index in [4.69, 9.17) is 0 Å². The molecule has 1 aliphatic heterocycles. The Hall–Kier alpha value is -1.35. The van der Waals surface area contributed by atoms with Gasteiger partial charge in [0.25, 0.3) is 0 Å². The van der Waals surface area contributed by atoms with E-state index in [1.54, 1.807) is 6.07 Å². The van der Waals surface area contributed by atoms with E-state index in [2.05, 4.69) is 11.0 Å². The van der Waals surface area contributed by atoms with Gasteiger partial charge in [0.05, 0.1) is 0 Å². The van der Waals surface area contributed by atoms with Gasteiger partial charge in [0.2, 0.25) is 0 Å². The average Bonchev–Trinajstić information content (AvgIpc) is 3.31. The van der Waals surface area contributed by atoms with Crippen LogP contribution in [0.5, 0.6) is 5.75 Å². The third-order valence-electron chi connectivity index (χ3n) is 6.05. The van der Waals surface area contributed by atoms with Crippen molar-refractivity contribution in [1.29, 1.82) is 0 Å². The fourth-order valence-electron chi connectivity index (χ4n) is 4.64. The van der Waals surface area contributed by atoms with Crippen LogP contribution in [0.2, 0.25) is 0 Å². The number of carbonyl (C=O) groups excluding carboxylic acids is 1. The van der Waals surface area contributed by atoms with Crippen molar-refractivity contribution < 1.29 is 9.90 Å². The number of likely N-dealkylation sites (tertiary alicyclic amines) is 1. The van der Waals surface area contributed by atoms with Crippen molar-refractivity contribution in [2.45, 2.75) is 43.9 Å². The van der Waals surface area contributed by atoms with Gasteiger partial charge in [-0.15, -0.1) is 0 Å². The molecule has 0 aromatic heterocycles. The van der Waals surface area contributed by atoms with Crippen molar-refractivity contribution in [1.82, 2.24) is 4.90 Å². The predicted molar refractivity (Wildman–Crippen MR) is 85.9 cm³/mol. The number of rotatable bonds is 3. The van der Waals surface area contributed by atoms with Gasteiger partial charge in [-0.3, -0.25) is 4.79 Å². The van der Waals surface area contributed by atoms with Gasteiger partial charge in [-0.1, -0.05) is 12.1 Å². The number of hydrogen-bond donors (Lipinski definition) is 1. The summed E-state index contributed by atoms with van der Waals surface area (Å²) in [6.45, 7) is 3.47. The number of piperidine rings is 1. The van der Waals surface area contributed by atoms with Crippen LogP contribution < -0.4 is 0 Å². The van der Waals surface area contributed by atoms with Crippen molar-refractivity contribution in [3.8, 4) is 5.75 Å². The zero-order valence-corrected chi connectivity index (χ0v) is 13.1. The first-order valence-corrected chi connectivity index (χ1v) is 8.69. The van der Waals surface area contributed by atoms with Gasteiger partial charge in [-0.25, -0.2) is 0 Å². The Morgan fingerprint density at radius 1 is 1.27 bits per heavy atom. The molecule has 22 heavy (non-hydrogen) atoms. The highest BCUT2D eigenvalue weighted by atomic mass is 16.3. The van der Waals surface area contributed by atoms with Crippen LogP contribution in [-0.2, 0) is 10.2 Å². The number of carbonyl (C=O) groups is 1. The Bertz CT molecular complexity index is 581. The van der Waals surface area contributed by atoms with Gasteiger partial charge in [-0.2, -0.15) is 0 Å². The second kappa shape index (κ2) is 5.38. The van der Waals surface area contributed by atoms with E-state index in [-0.39, 0.29) is 5.41 Å². The zero-order chi connectivity index (χ0) is 15.2. The maximum absolute atomic E-state index is 12.2. The quantitative estimate of drug-likeness (QED) is 0.932. The van der Waals surface area contributed by atoms with Crippen LogP contribution in [0.1, 0.15) is 44.1 Å². The van der Waals surface area contributed by atoms with E-state index in [1.807, 2.05) is 12.1 Å². The molecular weight excluding hydrogens is 274 g/mol. The van der Waals surface area contributed by atoms with Crippen molar-refractivity contribution in [2.75, 3.05) is 19.6 Å². The molecule has 118 valence electrons. The van der Waals surface area contributed by atoms with Gasteiger partial charge in [0.15, 0.2) is 0 Å². The van der Waals surface area contributed by atoms with Crippen molar-refractivity contribution in [2.24, 2.45) is 11.8 Å². The standard InChI is InChI=1S/C19H25NO2/c21-17-3-1-2-15(10-17)19-8-9-20(12-14-4-5-14)13-16(19)6-7-18(22)11-19/h1-3,10,14,16,21H,4-9,11-13H2/t16-,19-/m1/s1. The summed E-state index contributed by atoms with van der Waals surface area (Å²) in [5, 5.41) is 9.88. The third kappa shape index (κ3) is 2.56. The maximum Gasteiger partial charge on any atom is 0.133 e. The van der Waals surface area contributed by atoms with E-state index in [9.17, 15) is 9.90 Å². The summed E-state index contributed by atoms with van der Waals surface area (Å²) in [6.07, 6.45) is 6.27. The Morgan fingerprint density at radius 3 is 2.91 bits per heavy atom. The molecule has 1 heterocycles. The Kier molecular flexibility index (Phi) is 3.48. The van der Waals surface area contributed by atoms with Gasteiger partial charge in [0, 0.05) is 31.3 Å². The molecule has 0 spiro atoms. The van der Waals surface area contributed by atoms with E-state index < -0.39 is 0 Å². The average molecular weight is 299 g/mol. The minimum atomic E-state index is -0.0336. The van der Waals surface area contributed by atoms with Gasteiger partial charge in [-0.05, 0) is 61.8 Å². The fraction of sp³-hybridized carbons (Fsp3) is 0.632. The lowest BCUT2D eigenvalue weighted by Gasteiger charge is -2.50. The lowest BCUT2D eigenvalue weighted by Crippen LogP contribution is -2.53. The number of phenols is 1. The van der Waals surface area contributed by atoms with Gasteiger partial charge >= 0.3 is 0 Å². The minimum Gasteiger partial charge on any atom is -0.508 e. The first kappa shape index (κ1) is 14.3. The SMILES string of the molecule is O=C1CC[C@@H]2CN(CC3CC3)CC[C@]2(c2cccc(O)c2)C1. The first-order chi connectivity index (χ1) is 10.7. The highest BCUT2D eigenvalue weighted by Crippen LogP contribution is 2.49. The molecule has 3 nitrogen and oxygen atoms in total. The highest BCUT2D eigenvalue weighted by molar-refractivity contribution is 5.81. The van der Waals surface area contributed by atoms with Crippen molar-refractivity contribution >= 4 is 5.78 Å². The summed E-state index contributed by atoms with van der Waals surface area (Å²) in [4.78, 5) is 14.8. The van der Waals surface area contributed by atoms with Crippen LogP contribution in [0, 0.1) is 11.8 Å². The van der Waals surface area contributed by atoms with Crippen LogP contribution in [-0.4, -0.2) is 35.4 Å². The molecule has 2 saturated carbocycles. The lowest BCUT2D eigenvalue weighted by molar-refractivity contribution is -0.125. The number of benzene rings is 1. The van der Waals surface area contributed by atoms with Crippen LogP contribution in [0.25, 0.3) is 0 Å². The van der Waals surface area contributed by atoms with Crippen molar-refractivity contribution in [3.05, 3.63) is 29.8 Å². The number of phenolic OH excluding ortho intramolecular Hbond substituents is 1. The summed E-state index contributed by atoms with van der Waals surface area (Å²) in [7, 11) is 0. The molecule has 0 bridgehead atoms. The van der Waals surface area contributed by atoms with Crippen LogP contribution >= 0.6 is 0 Å². The molecule has 4 rings (SSSR count). The highest BCUT2D eigenvalue weighted by Gasteiger charge is 2.48. The summed E-state index contributed by atoms with van der Waals surface area (Å²) in [5.41, 5.74) is 1.14. The minimum absolute atomic E-state index is 0.0336. The molecule has 2 atom stereocenters. The molecule has 0 amide bonds. The smallest absolute Gasteiger partial charge is 0.133 e. The van der Waals surface area contributed by atoms with Crippen LogP contribution in [0.4, 0.5) is 0 Å². The molecule has 1 saturated heterocycles. The van der Waals surface area contributed by atoms with E-state index in [1.165, 1.54) is 24.9 Å². The second-order valence-corrected chi connectivity index (χ2v) is 7.61. The zero-order valence-electron chi connectivity index (χ0n) is 13.1. The summed E-state index contributed by atoms with van der Waals surface area (Å²) in [5.74, 6) is 2.21. The van der Waals surface area contributed by atoms with Crippen LogP contribution in [0.3, 0.4) is 0 Å². The van der Waals surface area contributed by atoms with Crippen molar-refractivity contribution in [3.63, 3.8) is 0 Å². The largest absolute Gasteiger partial charge is 0.508 e. The molecule has 1 aromatic carbocycles. The molecule has 3 fully saturated rings. The monoisotopic (exact) mass is 299 g/mol. The maximum atomic E-state index is 12.2. The van der Waals surface area contributed by atoms with E-state index in [0.717, 1.165) is 38.3 Å². The summed E-state index contributed by atoms with van der Waals surface area (Å²) < 4.78 is 0. The topological polar surface area (TPSA) is 40.5 Å². The van der Waals surface area contributed by atoms with E-state index in [0.29, 0.717) is 23.9 Å². The second-order valence-electron chi connectivity index (χ2n) is 7.61. The Labute approximate surface area is 132 Å². The summed E-state index contributed by atoms with van der Waals surface area (Å²) >= 11 is 0. The number of nitrogens with zero attached hydrogens (tertiary/aromatic N) is 1. The molecule has 1 aromatic rings. The number of aromatic hydroxyl groups is 1. The third-order valence-corrected chi connectivity index (χ3v) is 6.05. The van der Waals surface area contributed by atoms with Crippen LogP contribution in [0.15, 0.2) is 24.3 Å². The number of hydrogen-bond acceptors (Lipinski definition) is 3. The summed E-state index contributed by atoms with van der Waals surface area (Å²) in [6, 6.07) is 7.65. The molecule has 3 aliphatic rings. The molecule has 1 N–H and O–H groups in total. The Morgan fingerprint density at radius 2 is 2.14 bits per heavy atom. The fourth-order valence-corrected chi connectivity index (χ4v) is 4.64. The predicted octanol–water partition coefficient (Wildman–Crippen LogP) is 3.11. The van der Waals surface area contributed by atoms with Gasteiger partial charge < -0.3 is 10.0 Å². The molecule has 0 unspecified atom stereocenters.